The summed E-state index contributed by atoms with van der Waals surface area (Å²) in [6.07, 6.45) is 1.47. The van der Waals surface area contributed by atoms with E-state index in [1.807, 2.05) is 0 Å². The monoisotopic (exact) mass is 504 g/mol. The molecule has 3 aromatic carbocycles. The third-order valence-corrected chi connectivity index (χ3v) is 7.32. The average Bonchev–Trinajstić information content (AvgIpc) is 2.87. The first-order valence-electron chi connectivity index (χ1n) is 11.0. The van der Waals surface area contributed by atoms with Crippen LogP contribution in [-0.2, 0) is 10.0 Å². The number of methoxy groups -OCH3 is 1. The second kappa shape index (κ2) is 10.1. The second-order valence-corrected chi connectivity index (χ2v) is 9.80. The van der Waals surface area contributed by atoms with Crippen molar-refractivity contribution in [3.8, 4) is 5.75 Å². The quantitative estimate of drug-likeness (QED) is 0.274. The van der Waals surface area contributed by atoms with E-state index in [9.17, 15) is 18.0 Å². The molecule has 8 nitrogen and oxygen atoms in total. The molecule has 36 heavy (non-hydrogen) atoms. The molecule has 184 valence electrons. The molecule has 0 unspecified atom stereocenters. The number of carbonyl (C=O) groups is 1. The van der Waals surface area contributed by atoms with Crippen molar-refractivity contribution in [3.05, 3.63) is 107 Å². The number of anilines is 2. The van der Waals surface area contributed by atoms with Crippen molar-refractivity contribution >= 4 is 38.3 Å². The smallest absolute Gasteiger partial charge is 0.336 e. The number of hydrogen-bond donors (Lipinski definition) is 1. The Morgan fingerprint density at radius 3 is 2.61 bits per heavy atom. The number of aryl methyl sites for hydroxylation is 1. The number of rotatable bonds is 8. The van der Waals surface area contributed by atoms with E-state index >= 15 is 0 Å². The summed E-state index contributed by atoms with van der Waals surface area (Å²) in [5, 5.41) is 3.48. The summed E-state index contributed by atoms with van der Waals surface area (Å²) in [6.45, 7) is 5.47. The number of ether oxygens (including phenoxy) is 1. The maximum Gasteiger partial charge on any atom is 0.336 e. The summed E-state index contributed by atoms with van der Waals surface area (Å²) in [5.41, 5.74) is 1.50. The van der Waals surface area contributed by atoms with Gasteiger partial charge in [-0.2, -0.15) is 0 Å². The van der Waals surface area contributed by atoms with Gasteiger partial charge < -0.3 is 14.5 Å². The van der Waals surface area contributed by atoms with Crippen molar-refractivity contribution in [3.63, 3.8) is 0 Å². The minimum atomic E-state index is -4.06. The SMILES string of the molecule is C=CCN(c1ccccc1OC)S(=O)(=O)c1cccc(C(=O)Nc2ccc3c(C)cc(=O)oc3c2)c1. The normalized spacial score (nSPS) is 11.2. The molecular formula is C27H24N2O6S. The van der Waals surface area contributed by atoms with Crippen molar-refractivity contribution in [1.29, 1.82) is 0 Å². The van der Waals surface area contributed by atoms with Crippen LogP contribution in [0.4, 0.5) is 11.4 Å². The number of sulfonamides is 1. The fourth-order valence-corrected chi connectivity index (χ4v) is 5.30. The van der Waals surface area contributed by atoms with Gasteiger partial charge in [0, 0.05) is 28.8 Å². The topological polar surface area (TPSA) is 106 Å². The molecule has 1 heterocycles. The molecule has 0 radical (unpaired) electrons. The maximum absolute atomic E-state index is 13.6. The van der Waals surface area contributed by atoms with E-state index < -0.39 is 21.6 Å². The standard InChI is InChI=1S/C27H24N2O6S/c1-4-14-29(23-10-5-6-11-24(23)34-3)36(32,33)21-9-7-8-19(16-21)27(31)28-20-12-13-22-18(2)15-26(30)35-25(22)17-20/h4-13,15-17H,1,14H2,2-3H3,(H,28,31). The minimum Gasteiger partial charge on any atom is -0.495 e. The largest absolute Gasteiger partial charge is 0.495 e. The summed E-state index contributed by atoms with van der Waals surface area (Å²) in [5.74, 6) is -0.135. The Morgan fingerprint density at radius 1 is 1.08 bits per heavy atom. The minimum absolute atomic E-state index is 0.000833. The van der Waals surface area contributed by atoms with Crippen LogP contribution in [0.1, 0.15) is 15.9 Å². The number of amides is 1. The Bertz CT molecular complexity index is 1630. The number of benzene rings is 3. The molecule has 0 atom stereocenters. The van der Waals surface area contributed by atoms with Crippen LogP contribution in [0.15, 0.2) is 99.6 Å². The fraction of sp³-hybridized carbons (Fsp3) is 0.111. The van der Waals surface area contributed by atoms with Crippen LogP contribution in [0.2, 0.25) is 0 Å². The number of fused-ring (bicyclic) bond motifs is 1. The Morgan fingerprint density at radius 2 is 1.86 bits per heavy atom. The third kappa shape index (κ3) is 4.87. The molecule has 0 saturated carbocycles. The lowest BCUT2D eigenvalue weighted by Crippen LogP contribution is -2.31. The molecule has 0 spiro atoms. The molecule has 0 saturated heterocycles. The van der Waals surface area contributed by atoms with E-state index in [-0.39, 0.29) is 17.0 Å². The molecule has 4 aromatic rings. The molecule has 0 bridgehead atoms. The molecule has 0 aliphatic rings. The van der Waals surface area contributed by atoms with Gasteiger partial charge in [-0.1, -0.05) is 24.3 Å². The van der Waals surface area contributed by atoms with Gasteiger partial charge >= 0.3 is 5.63 Å². The number of nitrogens with zero attached hydrogens (tertiary/aromatic N) is 1. The highest BCUT2D eigenvalue weighted by Crippen LogP contribution is 2.32. The van der Waals surface area contributed by atoms with Gasteiger partial charge in [0.15, 0.2) is 0 Å². The van der Waals surface area contributed by atoms with Crippen molar-refractivity contribution < 1.29 is 22.4 Å². The van der Waals surface area contributed by atoms with Gasteiger partial charge in [-0.25, -0.2) is 13.2 Å². The molecule has 0 aliphatic heterocycles. The van der Waals surface area contributed by atoms with Crippen LogP contribution >= 0.6 is 0 Å². The molecule has 4 rings (SSSR count). The van der Waals surface area contributed by atoms with Gasteiger partial charge in [0.25, 0.3) is 15.9 Å². The fourth-order valence-electron chi connectivity index (χ4n) is 3.81. The van der Waals surface area contributed by atoms with Gasteiger partial charge in [-0.05, 0) is 55.0 Å². The van der Waals surface area contributed by atoms with E-state index in [4.69, 9.17) is 9.15 Å². The molecule has 9 heteroatoms. The van der Waals surface area contributed by atoms with Gasteiger partial charge in [-0.3, -0.25) is 9.10 Å². The number of hydrogen-bond acceptors (Lipinski definition) is 6. The lowest BCUT2D eigenvalue weighted by Gasteiger charge is -2.25. The molecular weight excluding hydrogens is 480 g/mol. The highest BCUT2D eigenvalue weighted by atomic mass is 32.2. The van der Waals surface area contributed by atoms with E-state index in [1.54, 1.807) is 49.4 Å². The highest BCUT2D eigenvalue weighted by Gasteiger charge is 2.27. The summed E-state index contributed by atoms with van der Waals surface area (Å²) in [6, 6.07) is 18.9. The number of nitrogens with one attached hydrogen (secondary N) is 1. The van der Waals surface area contributed by atoms with Crippen LogP contribution in [-0.4, -0.2) is 28.0 Å². The Hall–Kier alpha value is -4.37. The van der Waals surface area contributed by atoms with Gasteiger partial charge in [0.2, 0.25) is 0 Å². The van der Waals surface area contributed by atoms with Gasteiger partial charge in [0.1, 0.15) is 11.3 Å². The summed E-state index contributed by atoms with van der Waals surface area (Å²) >= 11 is 0. The van der Waals surface area contributed by atoms with Gasteiger partial charge in [-0.15, -0.1) is 6.58 Å². The Labute approximate surface area is 208 Å². The molecule has 1 N–H and O–H groups in total. The zero-order valence-electron chi connectivity index (χ0n) is 19.7. The number of para-hydroxylation sites is 2. The third-order valence-electron chi connectivity index (χ3n) is 5.54. The Kier molecular flexibility index (Phi) is 6.93. The number of carbonyl (C=O) groups excluding carboxylic acids is 1. The predicted octanol–water partition coefficient (Wildman–Crippen LogP) is 4.74. The van der Waals surface area contributed by atoms with E-state index in [2.05, 4.69) is 11.9 Å². The lowest BCUT2D eigenvalue weighted by atomic mass is 10.1. The van der Waals surface area contributed by atoms with E-state index in [1.165, 1.54) is 47.8 Å². The summed E-state index contributed by atoms with van der Waals surface area (Å²) in [7, 11) is -2.60. The zero-order valence-corrected chi connectivity index (χ0v) is 20.5. The Balaban J connectivity index is 1.66. The first-order chi connectivity index (χ1) is 17.2. The lowest BCUT2D eigenvalue weighted by molar-refractivity contribution is 0.102. The predicted molar refractivity (Wildman–Crippen MR) is 139 cm³/mol. The zero-order chi connectivity index (χ0) is 25.9. The van der Waals surface area contributed by atoms with Gasteiger partial charge in [0.05, 0.1) is 24.2 Å². The maximum atomic E-state index is 13.6. The molecule has 1 aromatic heterocycles. The average molecular weight is 505 g/mol. The van der Waals surface area contributed by atoms with Crippen LogP contribution in [0.3, 0.4) is 0 Å². The molecule has 0 aliphatic carbocycles. The van der Waals surface area contributed by atoms with Crippen molar-refractivity contribution in [2.24, 2.45) is 0 Å². The van der Waals surface area contributed by atoms with Crippen LogP contribution in [0.25, 0.3) is 11.0 Å². The molecule has 1 amide bonds. The summed E-state index contributed by atoms with van der Waals surface area (Å²) < 4.78 is 38.9. The summed E-state index contributed by atoms with van der Waals surface area (Å²) in [4.78, 5) is 24.6. The van der Waals surface area contributed by atoms with Crippen LogP contribution < -0.4 is 20.0 Å². The van der Waals surface area contributed by atoms with E-state index in [0.717, 1.165) is 10.9 Å². The van der Waals surface area contributed by atoms with Crippen LogP contribution in [0, 0.1) is 6.92 Å². The first kappa shape index (κ1) is 24.7. The first-order valence-corrected chi connectivity index (χ1v) is 12.4. The van der Waals surface area contributed by atoms with Crippen molar-refractivity contribution in [2.75, 3.05) is 23.3 Å². The van der Waals surface area contributed by atoms with Crippen molar-refractivity contribution in [2.45, 2.75) is 11.8 Å². The van der Waals surface area contributed by atoms with E-state index in [0.29, 0.717) is 22.7 Å². The molecule has 0 fully saturated rings. The second-order valence-electron chi connectivity index (χ2n) is 7.94. The van der Waals surface area contributed by atoms with Crippen LogP contribution in [0.5, 0.6) is 5.75 Å². The van der Waals surface area contributed by atoms with Crippen molar-refractivity contribution in [1.82, 2.24) is 0 Å². The highest BCUT2D eigenvalue weighted by molar-refractivity contribution is 7.92.